The summed E-state index contributed by atoms with van der Waals surface area (Å²) in [6.07, 6.45) is 1.81. The second-order valence-corrected chi connectivity index (χ2v) is 4.80. The molecule has 0 saturated carbocycles. The molecular weight excluding hydrogens is 184 g/mol. The average molecular weight is 206 g/mol. The highest BCUT2D eigenvalue weighted by molar-refractivity contribution is 5.29. The Kier molecular flexibility index (Phi) is 3.92. The molecule has 0 unspecified atom stereocenters. The van der Waals surface area contributed by atoms with Crippen molar-refractivity contribution in [3.05, 3.63) is 35.4 Å². The Morgan fingerprint density at radius 3 is 2.53 bits per heavy atom. The van der Waals surface area contributed by atoms with Crippen LogP contribution in [0, 0.1) is 0 Å². The molecule has 0 aliphatic heterocycles. The summed E-state index contributed by atoms with van der Waals surface area (Å²) < 4.78 is 0. The van der Waals surface area contributed by atoms with Crippen LogP contribution in [0.3, 0.4) is 0 Å². The number of hydrogen-bond acceptors (Lipinski definition) is 1. The zero-order chi connectivity index (χ0) is 11.5. The van der Waals surface area contributed by atoms with Crippen molar-refractivity contribution in [2.45, 2.75) is 52.1 Å². The SMILES string of the molecule is CCC[C@](C)(O)c1cccc(C(C)C)c1. The van der Waals surface area contributed by atoms with Gasteiger partial charge in [0.2, 0.25) is 0 Å². The van der Waals surface area contributed by atoms with Gasteiger partial charge in [-0.3, -0.25) is 0 Å². The molecule has 0 spiro atoms. The van der Waals surface area contributed by atoms with Gasteiger partial charge in [-0.25, -0.2) is 0 Å². The fraction of sp³-hybridized carbons (Fsp3) is 0.571. The molecule has 0 bridgehead atoms. The first-order chi connectivity index (χ1) is 6.97. The maximum Gasteiger partial charge on any atom is 0.0868 e. The lowest BCUT2D eigenvalue weighted by Gasteiger charge is -2.24. The van der Waals surface area contributed by atoms with Gasteiger partial charge in [0.15, 0.2) is 0 Å². The Morgan fingerprint density at radius 2 is 2.00 bits per heavy atom. The minimum Gasteiger partial charge on any atom is -0.385 e. The van der Waals surface area contributed by atoms with Crippen molar-refractivity contribution in [1.29, 1.82) is 0 Å². The normalized spacial score (nSPS) is 15.3. The quantitative estimate of drug-likeness (QED) is 0.794. The Balaban J connectivity index is 2.99. The third kappa shape index (κ3) is 3.07. The molecule has 1 N–H and O–H groups in total. The molecule has 1 nitrogen and oxygen atoms in total. The van der Waals surface area contributed by atoms with Crippen LogP contribution >= 0.6 is 0 Å². The Labute approximate surface area is 93.1 Å². The van der Waals surface area contributed by atoms with E-state index in [9.17, 15) is 5.11 Å². The second-order valence-electron chi connectivity index (χ2n) is 4.80. The summed E-state index contributed by atoms with van der Waals surface area (Å²) in [5.74, 6) is 0.516. The highest BCUT2D eigenvalue weighted by Crippen LogP contribution is 2.28. The third-order valence-corrected chi connectivity index (χ3v) is 2.91. The van der Waals surface area contributed by atoms with Crippen LogP contribution in [0.2, 0.25) is 0 Å². The minimum absolute atomic E-state index is 0.516. The highest BCUT2D eigenvalue weighted by atomic mass is 16.3. The molecule has 1 atom stereocenters. The first-order valence-electron chi connectivity index (χ1n) is 5.80. The molecule has 1 aromatic carbocycles. The zero-order valence-electron chi connectivity index (χ0n) is 10.2. The van der Waals surface area contributed by atoms with Crippen LogP contribution in [-0.4, -0.2) is 5.11 Å². The topological polar surface area (TPSA) is 20.2 Å². The molecule has 0 fully saturated rings. The summed E-state index contributed by atoms with van der Waals surface area (Å²) in [6, 6.07) is 8.30. The van der Waals surface area contributed by atoms with E-state index >= 15 is 0 Å². The molecule has 0 amide bonds. The molecule has 15 heavy (non-hydrogen) atoms. The summed E-state index contributed by atoms with van der Waals surface area (Å²) in [4.78, 5) is 0. The maximum absolute atomic E-state index is 10.3. The number of benzene rings is 1. The molecule has 0 aliphatic rings. The van der Waals surface area contributed by atoms with Gasteiger partial charge in [0.1, 0.15) is 0 Å². The number of aliphatic hydroxyl groups is 1. The van der Waals surface area contributed by atoms with Gasteiger partial charge in [-0.2, -0.15) is 0 Å². The molecule has 0 heterocycles. The summed E-state index contributed by atoms with van der Waals surface area (Å²) >= 11 is 0. The number of hydrogen-bond donors (Lipinski definition) is 1. The molecule has 0 radical (unpaired) electrons. The van der Waals surface area contributed by atoms with E-state index in [2.05, 4.69) is 32.9 Å². The highest BCUT2D eigenvalue weighted by Gasteiger charge is 2.21. The first-order valence-corrected chi connectivity index (χ1v) is 5.80. The van der Waals surface area contributed by atoms with Crippen LogP contribution in [0.4, 0.5) is 0 Å². The lowest BCUT2D eigenvalue weighted by Crippen LogP contribution is -2.20. The van der Waals surface area contributed by atoms with Crippen molar-refractivity contribution in [1.82, 2.24) is 0 Å². The van der Waals surface area contributed by atoms with Gasteiger partial charge >= 0.3 is 0 Å². The summed E-state index contributed by atoms with van der Waals surface area (Å²) in [5.41, 5.74) is 1.65. The van der Waals surface area contributed by atoms with Crippen LogP contribution < -0.4 is 0 Å². The van der Waals surface area contributed by atoms with Gasteiger partial charge in [-0.05, 0) is 30.4 Å². The van der Waals surface area contributed by atoms with E-state index in [-0.39, 0.29) is 0 Å². The Bertz CT molecular complexity index is 313. The van der Waals surface area contributed by atoms with Gasteiger partial charge in [0, 0.05) is 0 Å². The van der Waals surface area contributed by atoms with E-state index in [4.69, 9.17) is 0 Å². The third-order valence-electron chi connectivity index (χ3n) is 2.91. The van der Waals surface area contributed by atoms with Crippen molar-refractivity contribution in [3.63, 3.8) is 0 Å². The van der Waals surface area contributed by atoms with Crippen molar-refractivity contribution in [2.75, 3.05) is 0 Å². The van der Waals surface area contributed by atoms with Crippen LogP contribution in [0.15, 0.2) is 24.3 Å². The van der Waals surface area contributed by atoms with Gasteiger partial charge in [-0.1, -0.05) is 51.5 Å². The van der Waals surface area contributed by atoms with Crippen LogP contribution in [-0.2, 0) is 5.60 Å². The summed E-state index contributed by atoms with van der Waals surface area (Å²) in [6.45, 7) is 8.35. The Morgan fingerprint density at radius 1 is 1.33 bits per heavy atom. The van der Waals surface area contributed by atoms with Crippen molar-refractivity contribution in [2.24, 2.45) is 0 Å². The predicted molar refractivity (Wildman–Crippen MR) is 65.0 cm³/mol. The van der Waals surface area contributed by atoms with Crippen molar-refractivity contribution >= 4 is 0 Å². The molecule has 84 valence electrons. The van der Waals surface area contributed by atoms with E-state index in [1.165, 1.54) is 5.56 Å². The molecule has 0 aromatic heterocycles. The average Bonchev–Trinajstić information content (AvgIpc) is 2.18. The van der Waals surface area contributed by atoms with Crippen LogP contribution in [0.1, 0.15) is 57.6 Å². The molecule has 0 saturated heterocycles. The molecule has 1 rings (SSSR count). The van der Waals surface area contributed by atoms with Crippen LogP contribution in [0.5, 0.6) is 0 Å². The monoisotopic (exact) mass is 206 g/mol. The lowest BCUT2D eigenvalue weighted by molar-refractivity contribution is 0.0469. The predicted octanol–water partition coefficient (Wildman–Crippen LogP) is 3.82. The first kappa shape index (κ1) is 12.3. The van der Waals surface area contributed by atoms with Crippen molar-refractivity contribution < 1.29 is 5.11 Å². The van der Waals surface area contributed by atoms with E-state index < -0.39 is 5.60 Å². The van der Waals surface area contributed by atoms with E-state index in [1.54, 1.807) is 0 Å². The minimum atomic E-state index is -0.681. The number of rotatable bonds is 4. The smallest absolute Gasteiger partial charge is 0.0868 e. The van der Waals surface area contributed by atoms with E-state index in [0.29, 0.717) is 5.92 Å². The molecule has 1 heteroatoms. The van der Waals surface area contributed by atoms with Crippen molar-refractivity contribution in [3.8, 4) is 0 Å². The van der Waals surface area contributed by atoms with Gasteiger partial charge < -0.3 is 5.11 Å². The summed E-state index contributed by atoms with van der Waals surface area (Å²) in [5, 5.41) is 10.3. The van der Waals surface area contributed by atoms with E-state index in [1.807, 2.05) is 19.1 Å². The standard InChI is InChI=1S/C14H22O/c1-5-9-14(4,15)13-8-6-7-12(10-13)11(2)3/h6-8,10-11,15H,5,9H2,1-4H3/t14-/m0/s1. The molecular formula is C14H22O. The largest absolute Gasteiger partial charge is 0.385 e. The van der Waals surface area contributed by atoms with Gasteiger partial charge in [-0.15, -0.1) is 0 Å². The van der Waals surface area contributed by atoms with Gasteiger partial charge in [0.05, 0.1) is 5.60 Å². The second kappa shape index (κ2) is 4.80. The Hall–Kier alpha value is -0.820. The fourth-order valence-corrected chi connectivity index (χ4v) is 1.86. The van der Waals surface area contributed by atoms with E-state index in [0.717, 1.165) is 18.4 Å². The van der Waals surface area contributed by atoms with Crippen LogP contribution in [0.25, 0.3) is 0 Å². The lowest BCUT2D eigenvalue weighted by atomic mass is 9.88. The molecule has 1 aromatic rings. The fourth-order valence-electron chi connectivity index (χ4n) is 1.86. The maximum atomic E-state index is 10.3. The summed E-state index contributed by atoms with van der Waals surface area (Å²) in [7, 11) is 0. The molecule has 0 aliphatic carbocycles. The van der Waals surface area contributed by atoms with Gasteiger partial charge in [0.25, 0.3) is 0 Å². The zero-order valence-corrected chi connectivity index (χ0v) is 10.2.